The van der Waals surface area contributed by atoms with E-state index in [0.29, 0.717) is 37.3 Å². The van der Waals surface area contributed by atoms with Crippen molar-refractivity contribution in [3.8, 4) is 17.2 Å². The molecule has 0 N–H and O–H groups in total. The average Bonchev–Trinajstić information content (AvgIpc) is 2.96. The quantitative estimate of drug-likeness (QED) is 0.802. The molecule has 128 valence electrons. The van der Waals surface area contributed by atoms with E-state index in [4.69, 9.17) is 9.47 Å². The highest BCUT2D eigenvalue weighted by atomic mass is 16.5. The number of rotatable bonds is 4. The molecule has 2 aromatic rings. The van der Waals surface area contributed by atoms with Crippen molar-refractivity contribution in [1.29, 1.82) is 0 Å². The van der Waals surface area contributed by atoms with Gasteiger partial charge in [0.15, 0.2) is 11.5 Å². The van der Waals surface area contributed by atoms with E-state index < -0.39 is 0 Å². The Labute approximate surface area is 146 Å². The summed E-state index contributed by atoms with van der Waals surface area (Å²) in [6.45, 7) is 0.424. The summed E-state index contributed by atoms with van der Waals surface area (Å²) in [6, 6.07) is 13.7. The van der Waals surface area contributed by atoms with Crippen LogP contribution in [0.2, 0.25) is 0 Å². The van der Waals surface area contributed by atoms with Gasteiger partial charge < -0.3 is 9.47 Å². The van der Waals surface area contributed by atoms with Gasteiger partial charge in [0.25, 0.3) is 0 Å². The van der Waals surface area contributed by atoms with E-state index in [1.807, 2.05) is 42.5 Å². The summed E-state index contributed by atoms with van der Waals surface area (Å²) < 4.78 is 11.5. The summed E-state index contributed by atoms with van der Waals surface area (Å²) in [5.41, 5.74) is 2.10. The molecule has 2 aliphatic rings. The molecular weight excluding hydrogens is 318 g/mol. The average molecular weight is 337 g/mol. The van der Waals surface area contributed by atoms with Gasteiger partial charge in [-0.3, -0.25) is 14.5 Å². The molecule has 0 spiro atoms. The molecule has 2 aliphatic heterocycles. The standard InChI is InChI=1S/C20H19NO4/c1-24-17-8-4-6-15-13(11-12-21-18(22)9-10-19(21)23)14-5-2-3-7-16(14)25-20(15)17/h2-8,13H,9-12H2,1H3. The number of hydrogen-bond acceptors (Lipinski definition) is 4. The van der Waals surface area contributed by atoms with Crippen LogP contribution in [0.4, 0.5) is 0 Å². The van der Waals surface area contributed by atoms with Gasteiger partial charge in [-0.15, -0.1) is 0 Å². The zero-order valence-corrected chi connectivity index (χ0v) is 14.0. The maximum atomic E-state index is 11.9. The summed E-state index contributed by atoms with van der Waals surface area (Å²) >= 11 is 0. The number of ether oxygens (including phenoxy) is 2. The van der Waals surface area contributed by atoms with Crippen LogP contribution in [-0.2, 0) is 9.59 Å². The first-order chi connectivity index (χ1) is 12.2. The highest BCUT2D eigenvalue weighted by Crippen LogP contribution is 2.49. The van der Waals surface area contributed by atoms with Gasteiger partial charge in [0.1, 0.15) is 5.75 Å². The first-order valence-corrected chi connectivity index (χ1v) is 8.46. The fourth-order valence-electron chi connectivity index (χ4n) is 3.66. The van der Waals surface area contributed by atoms with Crippen LogP contribution in [0.3, 0.4) is 0 Å². The Morgan fingerprint density at radius 1 is 1.04 bits per heavy atom. The molecule has 1 fully saturated rings. The lowest BCUT2D eigenvalue weighted by Gasteiger charge is -2.30. The second kappa shape index (κ2) is 6.24. The van der Waals surface area contributed by atoms with Gasteiger partial charge in [0.2, 0.25) is 11.8 Å². The van der Waals surface area contributed by atoms with Crippen molar-refractivity contribution >= 4 is 11.8 Å². The van der Waals surface area contributed by atoms with Crippen molar-refractivity contribution in [3.05, 3.63) is 53.6 Å². The SMILES string of the molecule is COc1cccc2c1Oc1ccccc1C2CCN1C(=O)CCC1=O. The van der Waals surface area contributed by atoms with Crippen LogP contribution < -0.4 is 9.47 Å². The molecule has 1 atom stereocenters. The number of benzene rings is 2. The molecule has 2 amide bonds. The predicted molar refractivity (Wildman–Crippen MR) is 91.9 cm³/mol. The molecule has 5 heteroatoms. The number of hydrogen-bond donors (Lipinski definition) is 0. The first-order valence-electron chi connectivity index (χ1n) is 8.46. The summed E-state index contributed by atoms with van der Waals surface area (Å²) in [5, 5.41) is 0. The largest absolute Gasteiger partial charge is 0.493 e. The molecule has 2 aromatic carbocycles. The van der Waals surface area contributed by atoms with Gasteiger partial charge in [0, 0.05) is 36.4 Å². The Bertz CT molecular complexity index is 829. The smallest absolute Gasteiger partial charge is 0.229 e. The van der Waals surface area contributed by atoms with Gasteiger partial charge in [-0.2, -0.15) is 0 Å². The molecule has 0 bridgehead atoms. The number of carbonyl (C=O) groups excluding carboxylic acids is 2. The fourth-order valence-corrected chi connectivity index (χ4v) is 3.66. The Morgan fingerprint density at radius 3 is 2.52 bits per heavy atom. The first kappa shape index (κ1) is 15.7. The third kappa shape index (κ3) is 2.65. The van der Waals surface area contributed by atoms with Gasteiger partial charge in [0.05, 0.1) is 7.11 Å². The molecule has 0 saturated carbocycles. The van der Waals surface area contributed by atoms with E-state index in [2.05, 4.69) is 0 Å². The van der Waals surface area contributed by atoms with E-state index in [1.165, 1.54) is 4.90 Å². The zero-order chi connectivity index (χ0) is 17.4. The number of likely N-dealkylation sites (tertiary alicyclic amines) is 1. The number of fused-ring (bicyclic) bond motifs is 2. The molecule has 2 heterocycles. The second-order valence-corrected chi connectivity index (χ2v) is 6.30. The van der Waals surface area contributed by atoms with Crippen molar-refractivity contribution in [2.75, 3.05) is 13.7 Å². The summed E-state index contributed by atoms with van der Waals surface area (Å²) in [4.78, 5) is 25.2. The van der Waals surface area contributed by atoms with Gasteiger partial charge in [-0.05, 0) is 18.6 Å². The third-order valence-electron chi connectivity index (χ3n) is 4.91. The number of amides is 2. The maximum Gasteiger partial charge on any atom is 0.229 e. The lowest BCUT2D eigenvalue weighted by atomic mass is 9.85. The lowest BCUT2D eigenvalue weighted by Crippen LogP contribution is -2.31. The molecule has 0 aromatic heterocycles. The molecule has 25 heavy (non-hydrogen) atoms. The Morgan fingerprint density at radius 2 is 1.76 bits per heavy atom. The Balaban J connectivity index is 1.69. The third-order valence-corrected chi connectivity index (χ3v) is 4.91. The van der Waals surface area contributed by atoms with Crippen LogP contribution in [0, 0.1) is 0 Å². The number of carbonyl (C=O) groups is 2. The van der Waals surface area contributed by atoms with E-state index >= 15 is 0 Å². The van der Waals surface area contributed by atoms with Crippen LogP contribution >= 0.6 is 0 Å². The highest BCUT2D eigenvalue weighted by Gasteiger charge is 2.33. The number of imide groups is 1. The van der Waals surface area contributed by atoms with E-state index in [-0.39, 0.29) is 17.7 Å². The topological polar surface area (TPSA) is 55.8 Å². The molecule has 4 rings (SSSR count). The van der Waals surface area contributed by atoms with Crippen molar-refractivity contribution in [2.45, 2.75) is 25.2 Å². The predicted octanol–water partition coefficient (Wildman–Crippen LogP) is 3.47. The van der Waals surface area contributed by atoms with Crippen LogP contribution in [0.25, 0.3) is 0 Å². The Hall–Kier alpha value is -2.82. The minimum absolute atomic E-state index is 0.0521. The minimum atomic E-state index is -0.0730. The molecule has 0 aliphatic carbocycles. The second-order valence-electron chi connectivity index (χ2n) is 6.30. The fraction of sp³-hybridized carbons (Fsp3) is 0.300. The van der Waals surface area contributed by atoms with Crippen LogP contribution in [0.15, 0.2) is 42.5 Å². The van der Waals surface area contributed by atoms with E-state index in [9.17, 15) is 9.59 Å². The van der Waals surface area contributed by atoms with E-state index in [1.54, 1.807) is 7.11 Å². The minimum Gasteiger partial charge on any atom is -0.493 e. The number of methoxy groups -OCH3 is 1. The van der Waals surface area contributed by atoms with Crippen LogP contribution in [0.5, 0.6) is 17.2 Å². The molecule has 5 nitrogen and oxygen atoms in total. The molecule has 1 saturated heterocycles. The van der Waals surface area contributed by atoms with Gasteiger partial charge in [-0.25, -0.2) is 0 Å². The Kier molecular flexibility index (Phi) is 3.92. The van der Waals surface area contributed by atoms with Crippen molar-refractivity contribution < 1.29 is 19.1 Å². The summed E-state index contributed by atoms with van der Waals surface area (Å²) in [7, 11) is 1.62. The lowest BCUT2D eigenvalue weighted by molar-refractivity contribution is -0.138. The van der Waals surface area contributed by atoms with Gasteiger partial charge >= 0.3 is 0 Å². The molecule has 0 radical (unpaired) electrons. The monoisotopic (exact) mass is 337 g/mol. The summed E-state index contributed by atoms with van der Waals surface area (Å²) in [5.74, 6) is 2.10. The van der Waals surface area contributed by atoms with Crippen molar-refractivity contribution in [2.24, 2.45) is 0 Å². The molecule has 1 unspecified atom stereocenters. The number of para-hydroxylation sites is 2. The molecular formula is C20H19NO4. The normalized spacial score (nSPS) is 18.6. The van der Waals surface area contributed by atoms with Gasteiger partial charge in [-0.1, -0.05) is 30.3 Å². The zero-order valence-electron chi connectivity index (χ0n) is 14.0. The maximum absolute atomic E-state index is 11.9. The highest BCUT2D eigenvalue weighted by molar-refractivity contribution is 6.01. The summed E-state index contributed by atoms with van der Waals surface area (Å²) in [6.07, 6.45) is 1.32. The van der Waals surface area contributed by atoms with E-state index in [0.717, 1.165) is 16.9 Å². The van der Waals surface area contributed by atoms with Crippen molar-refractivity contribution in [1.82, 2.24) is 4.90 Å². The van der Waals surface area contributed by atoms with Crippen molar-refractivity contribution in [3.63, 3.8) is 0 Å². The van der Waals surface area contributed by atoms with Crippen LogP contribution in [-0.4, -0.2) is 30.4 Å². The number of nitrogens with zero attached hydrogens (tertiary/aromatic N) is 1. The van der Waals surface area contributed by atoms with Crippen LogP contribution in [0.1, 0.15) is 36.3 Å².